The number of hydrogen-bond acceptors (Lipinski definition) is 4. The maximum Gasteiger partial charge on any atom is 0.313 e. The standard InChI is InChI=1S/C17H22O4.CH4/c1-6-15(21-17(19)12(4)5)13-7-9-14(10-8-13)20-16(18)11(2)3;/h6-12,15H,1H2,2-5H3;1H4. The van der Waals surface area contributed by atoms with Crippen molar-refractivity contribution in [2.75, 3.05) is 0 Å². The van der Waals surface area contributed by atoms with Gasteiger partial charge in [-0.3, -0.25) is 9.59 Å². The normalized spacial score (nSPS) is 11.5. The molecule has 1 atom stereocenters. The molecule has 0 heterocycles. The van der Waals surface area contributed by atoms with E-state index in [1.807, 2.05) is 0 Å². The van der Waals surface area contributed by atoms with Gasteiger partial charge in [0.25, 0.3) is 0 Å². The van der Waals surface area contributed by atoms with Gasteiger partial charge in [-0.25, -0.2) is 0 Å². The van der Waals surface area contributed by atoms with E-state index in [1.165, 1.54) is 0 Å². The van der Waals surface area contributed by atoms with E-state index >= 15 is 0 Å². The fourth-order valence-electron chi connectivity index (χ4n) is 1.47. The molecular formula is C18H26O4. The summed E-state index contributed by atoms with van der Waals surface area (Å²) in [6.07, 6.45) is 1.06. The van der Waals surface area contributed by atoms with E-state index in [0.29, 0.717) is 5.75 Å². The monoisotopic (exact) mass is 306 g/mol. The summed E-state index contributed by atoms with van der Waals surface area (Å²) in [5, 5.41) is 0. The molecule has 1 aromatic carbocycles. The van der Waals surface area contributed by atoms with Gasteiger partial charge in [-0.2, -0.15) is 0 Å². The molecule has 122 valence electrons. The highest BCUT2D eigenvalue weighted by molar-refractivity contribution is 5.74. The smallest absolute Gasteiger partial charge is 0.313 e. The fraction of sp³-hybridized carbons (Fsp3) is 0.444. The van der Waals surface area contributed by atoms with E-state index < -0.39 is 6.10 Å². The molecule has 0 saturated carbocycles. The Morgan fingerprint density at radius 2 is 1.50 bits per heavy atom. The van der Waals surface area contributed by atoms with Gasteiger partial charge in [-0.1, -0.05) is 53.8 Å². The first kappa shape index (κ1) is 19.9. The van der Waals surface area contributed by atoms with Crippen molar-refractivity contribution < 1.29 is 19.1 Å². The Hall–Kier alpha value is -2.10. The SMILES string of the molecule is C.C=CC(OC(=O)C(C)C)c1ccc(OC(=O)C(C)C)cc1. The molecule has 1 aromatic rings. The number of hydrogen-bond donors (Lipinski definition) is 0. The highest BCUT2D eigenvalue weighted by atomic mass is 16.5. The van der Waals surface area contributed by atoms with Crippen LogP contribution < -0.4 is 4.74 Å². The van der Waals surface area contributed by atoms with Crippen LogP contribution in [0, 0.1) is 11.8 Å². The average Bonchev–Trinajstić information content (AvgIpc) is 2.45. The van der Waals surface area contributed by atoms with Crippen molar-refractivity contribution in [3.63, 3.8) is 0 Å². The Bertz CT molecular complexity index is 500. The number of ether oxygens (including phenoxy) is 2. The molecule has 4 nitrogen and oxygen atoms in total. The second-order valence-corrected chi connectivity index (χ2v) is 5.39. The lowest BCUT2D eigenvalue weighted by molar-refractivity contribution is -0.151. The van der Waals surface area contributed by atoms with Crippen LogP contribution in [-0.4, -0.2) is 11.9 Å². The minimum absolute atomic E-state index is 0. The van der Waals surface area contributed by atoms with Crippen molar-refractivity contribution in [2.45, 2.75) is 41.2 Å². The summed E-state index contributed by atoms with van der Waals surface area (Å²) in [5.41, 5.74) is 0.781. The first-order valence-electron chi connectivity index (χ1n) is 6.99. The van der Waals surface area contributed by atoms with E-state index in [-0.39, 0.29) is 31.2 Å². The minimum Gasteiger partial charge on any atom is -0.453 e. The molecule has 0 aromatic heterocycles. The molecule has 1 unspecified atom stereocenters. The lowest BCUT2D eigenvalue weighted by Gasteiger charge is -2.16. The van der Waals surface area contributed by atoms with Crippen molar-refractivity contribution in [2.24, 2.45) is 11.8 Å². The summed E-state index contributed by atoms with van der Waals surface area (Å²) in [6.45, 7) is 10.8. The fourth-order valence-corrected chi connectivity index (χ4v) is 1.47. The second-order valence-electron chi connectivity index (χ2n) is 5.39. The third-order valence-electron chi connectivity index (χ3n) is 2.83. The van der Waals surface area contributed by atoms with Crippen molar-refractivity contribution >= 4 is 11.9 Å². The number of esters is 2. The number of carbonyl (C=O) groups excluding carboxylic acids is 2. The van der Waals surface area contributed by atoms with Gasteiger partial charge in [0.2, 0.25) is 0 Å². The summed E-state index contributed by atoms with van der Waals surface area (Å²) in [6, 6.07) is 6.86. The van der Waals surface area contributed by atoms with Crippen LogP contribution in [0.1, 0.15) is 46.8 Å². The van der Waals surface area contributed by atoms with Crippen molar-refractivity contribution in [3.05, 3.63) is 42.5 Å². The summed E-state index contributed by atoms with van der Waals surface area (Å²) in [7, 11) is 0. The van der Waals surface area contributed by atoms with E-state index in [2.05, 4.69) is 6.58 Å². The van der Waals surface area contributed by atoms with Crippen molar-refractivity contribution in [1.82, 2.24) is 0 Å². The first-order chi connectivity index (χ1) is 9.85. The molecule has 4 heteroatoms. The predicted molar refractivity (Wildman–Crippen MR) is 87.5 cm³/mol. The molecule has 1 rings (SSSR count). The number of rotatable bonds is 6. The molecule has 0 bridgehead atoms. The van der Waals surface area contributed by atoms with Gasteiger partial charge in [0.15, 0.2) is 0 Å². The van der Waals surface area contributed by atoms with Gasteiger partial charge in [0.1, 0.15) is 11.9 Å². The highest BCUT2D eigenvalue weighted by Gasteiger charge is 2.16. The molecule has 0 N–H and O–H groups in total. The van der Waals surface area contributed by atoms with E-state index in [9.17, 15) is 9.59 Å². The average molecular weight is 306 g/mol. The molecule has 0 aliphatic heterocycles. The van der Waals surface area contributed by atoms with E-state index in [0.717, 1.165) is 5.56 Å². The van der Waals surface area contributed by atoms with Gasteiger partial charge in [0, 0.05) is 0 Å². The Kier molecular flexibility index (Phi) is 8.17. The Labute approximate surface area is 133 Å². The quantitative estimate of drug-likeness (QED) is 0.446. The van der Waals surface area contributed by atoms with Gasteiger partial charge >= 0.3 is 11.9 Å². The van der Waals surface area contributed by atoms with Crippen LogP contribution >= 0.6 is 0 Å². The molecule has 0 radical (unpaired) electrons. The zero-order valence-corrected chi connectivity index (χ0v) is 13.0. The van der Waals surface area contributed by atoms with Crippen LogP contribution in [0.25, 0.3) is 0 Å². The molecule has 0 aliphatic carbocycles. The first-order valence-corrected chi connectivity index (χ1v) is 6.99. The van der Waals surface area contributed by atoms with Crippen molar-refractivity contribution in [3.8, 4) is 5.75 Å². The van der Waals surface area contributed by atoms with Crippen molar-refractivity contribution in [1.29, 1.82) is 0 Å². The Morgan fingerprint density at radius 3 is 1.91 bits per heavy atom. The maximum atomic E-state index is 11.6. The molecule has 0 fully saturated rings. The van der Waals surface area contributed by atoms with Gasteiger partial charge in [-0.15, -0.1) is 0 Å². The Balaban J connectivity index is 0.00000441. The second kappa shape index (κ2) is 9.03. The predicted octanol–water partition coefficient (Wildman–Crippen LogP) is 4.31. The molecule has 0 saturated heterocycles. The van der Waals surface area contributed by atoms with Crippen LogP contribution in [0.15, 0.2) is 36.9 Å². The van der Waals surface area contributed by atoms with Crippen LogP contribution in [-0.2, 0) is 14.3 Å². The summed E-state index contributed by atoms with van der Waals surface area (Å²) in [5.74, 6) is -0.476. The third kappa shape index (κ3) is 5.72. The zero-order chi connectivity index (χ0) is 16.0. The largest absolute Gasteiger partial charge is 0.453 e. The topological polar surface area (TPSA) is 52.6 Å². The lowest BCUT2D eigenvalue weighted by atomic mass is 10.1. The number of benzene rings is 1. The van der Waals surface area contributed by atoms with Crippen LogP contribution in [0.2, 0.25) is 0 Å². The molecule has 0 spiro atoms. The van der Waals surface area contributed by atoms with Crippen LogP contribution in [0.5, 0.6) is 5.75 Å². The third-order valence-corrected chi connectivity index (χ3v) is 2.83. The van der Waals surface area contributed by atoms with E-state index in [4.69, 9.17) is 9.47 Å². The Morgan fingerprint density at radius 1 is 1.00 bits per heavy atom. The lowest BCUT2D eigenvalue weighted by Crippen LogP contribution is -2.15. The molecule has 0 aliphatic rings. The van der Waals surface area contributed by atoms with Gasteiger partial charge < -0.3 is 9.47 Å². The zero-order valence-electron chi connectivity index (χ0n) is 13.0. The summed E-state index contributed by atoms with van der Waals surface area (Å²) in [4.78, 5) is 23.1. The van der Waals surface area contributed by atoms with Crippen LogP contribution in [0.4, 0.5) is 0 Å². The summed E-state index contributed by atoms with van der Waals surface area (Å²) < 4.78 is 10.5. The maximum absolute atomic E-state index is 11.6. The van der Waals surface area contributed by atoms with Gasteiger partial charge in [0.05, 0.1) is 11.8 Å². The van der Waals surface area contributed by atoms with Crippen LogP contribution in [0.3, 0.4) is 0 Å². The van der Waals surface area contributed by atoms with Gasteiger partial charge in [-0.05, 0) is 23.8 Å². The highest BCUT2D eigenvalue weighted by Crippen LogP contribution is 2.23. The molecule has 0 amide bonds. The minimum atomic E-state index is -0.505. The number of carbonyl (C=O) groups is 2. The molecule has 22 heavy (non-hydrogen) atoms. The summed E-state index contributed by atoms with van der Waals surface area (Å²) >= 11 is 0. The van der Waals surface area contributed by atoms with E-state index in [1.54, 1.807) is 58.0 Å². The molecular weight excluding hydrogens is 280 g/mol.